The molecule has 1 N–H and O–H groups in total. The number of Topliss-reactive ketones (excluding diaryl/α,β-unsaturated/α-hetero) is 1. The van der Waals surface area contributed by atoms with Crippen LogP contribution in [0, 0.1) is 0 Å². The van der Waals surface area contributed by atoms with Crippen molar-refractivity contribution in [3.05, 3.63) is 12.2 Å². The van der Waals surface area contributed by atoms with E-state index in [1.165, 1.54) is 6.92 Å². The van der Waals surface area contributed by atoms with Crippen molar-refractivity contribution in [2.45, 2.75) is 13.3 Å². The Balaban J connectivity index is -0.000000500. The number of ketones is 1. The Bertz CT molecular complexity index is 272. The molecule has 4 nitrogen and oxygen atoms in total. The summed E-state index contributed by atoms with van der Waals surface area (Å²) in [5.41, 5.74) is 0.300. The molecule has 0 aromatic carbocycles. The van der Waals surface area contributed by atoms with Crippen LogP contribution in [0.5, 0.6) is 0 Å². The van der Waals surface area contributed by atoms with Gasteiger partial charge in [0.25, 0.3) is 10.1 Å². The topological polar surface area (TPSA) is 71.4 Å². The van der Waals surface area contributed by atoms with Crippen LogP contribution in [0.2, 0.25) is 0 Å². The van der Waals surface area contributed by atoms with Crippen molar-refractivity contribution in [2.24, 2.45) is 0 Å². The molecule has 0 radical (unpaired) electrons. The average molecular weight is 202 g/mol. The zero-order valence-electron chi connectivity index (χ0n) is 8.20. The van der Waals surface area contributed by atoms with Crippen LogP contribution in [0.1, 0.15) is 14.8 Å². The van der Waals surface area contributed by atoms with Crippen molar-refractivity contribution >= 4 is 15.9 Å². The maximum absolute atomic E-state index is 10.7. The Morgan fingerprint density at radius 3 is 2.25 bits per heavy atom. The summed E-state index contributed by atoms with van der Waals surface area (Å²) >= 11 is 0. The summed E-state index contributed by atoms with van der Waals surface area (Å²) in [6.45, 7) is 4.82. The molecule has 0 amide bonds. The molecule has 0 saturated heterocycles. The van der Waals surface area contributed by atoms with E-state index >= 15 is 0 Å². The van der Waals surface area contributed by atoms with E-state index in [4.69, 9.17) is 4.55 Å². The molecule has 0 aliphatic rings. The second kappa shape index (κ2) is 5.88. The van der Waals surface area contributed by atoms with Gasteiger partial charge in [0.05, 0.1) is 5.75 Å². The van der Waals surface area contributed by atoms with Crippen molar-refractivity contribution in [3.63, 3.8) is 0 Å². The molecular weight excluding hydrogens is 191 g/mol. The van der Waals surface area contributed by atoms with E-state index in [0.29, 0.717) is 5.57 Å². The Hall–Kier alpha value is 0.320. The van der Waals surface area contributed by atoms with Crippen molar-refractivity contribution in [2.75, 3.05) is 5.75 Å². The summed E-state index contributed by atoms with van der Waals surface area (Å²) in [4.78, 5) is 10.7. The van der Waals surface area contributed by atoms with Crippen LogP contribution in [-0.4, -0.2) is 24.5 Å². The average Bonchev–Trinajstić information content (AvgIpc) is 1.80. The maximum atomic E-state index is 10.7. The first-order valence-electron chi connectivity index (χ1n) is 2.97. The number of hydrogen-bond donors (Lipinski definition) is 1. The van der Waals surface area contributed by atoms with Gasteiger partial charge >= 0.3 is 29.6 Å². The van der Waals surface area contributed by atoms with E-state index in [2.05, 4.69) is 6.58 Å². The summed E-state index contributed by atoms with van der Waals surface area (Å²) in [6, 6.07) is 0. The quantitative estimate of drug-likeness (QED) is 0.311. The standard InChI is InChI=1S/C6H10O4S.Na.H/c1-5(2)6(7)3-4-11(8,9)10;;/h1,3-4H2,2H3,(H,8,9,10);;/q;+1;-1. The van der Waals surface area contributed by atoms with E-state index in [1.54, 1.807) is 0 Å². The molecular formula is C6H11NaO4S. The summed E-state index contributed by atoms with van der Waals surface area (Å²) in [7, 11) is -4.01. The van der Waals surface area contributed by atoms with E-state index in [9.17, 15) is 13.2 Å². The van der Waals surface area contributed by atoms with Crippen molar-refractivity contribution in [1.82, 2.24) is 0 Å². The predicted molar refractivity (Wildman–Crippen MR) is 42.0 cm³/mol. The Morgan fingerprint density at radius 2 is 2.00 bits per heavy atom. The predicted octanol–water partition coefficient (Wildman–Crippen LogP) is -2.47. The molecule has 0 saturated carbocycles. The van der Waals surface area contributed by atoms with Gasteiger partial charge < -0.3 is 1.43 Å². The molecule has 0 aromatic rings. The van der Waals surface area contributed by atoms with Gasteiger partial charge in [-0.05, 0) is 12.5 Å². The second-order valence-corrected chi connectivity index (χ2v) is 3.81. The van der Waals surface area contributed by atoms with Gasteiger partial charge in [-0.15, -0.1) is 0 Å². The van der Waals surface area contributed by atoms with Crippen LogP contribution in [0.3, 0.4) is 0 Å². The third kappa shape index (κ3) is 8.42. The normalized spacial score (nSPS) is 10.2. The van der Waals surface area contributed by atoms with E-state index < -0.39 is 15.9 Å². The largest absolute Gasteiger partial charge is 1.00 e. The molecule has 0 spiro atoms. The van der Waals surface area contributed by atoms with Gasteiger partial charge in [0.15, 0.2) is 5.78 Å². The number of hydrogen-bond acceptors (Lipinski definition) is 3. The van der Waals surface area contributed by atoms with Crippen LogP contribution in [0.15, 0.2) is 12.2 Å². The minimum Gasteiger partial charge on any atom is -1.00 e. The van der Waals surface area contributed by atoms with Crippen LogP contribution in [-0.2, 0) is 14.9 Å². The molecule has 0 aromatic heterocycles. The maximum Gasteiger partial charge on any atom is 1.00 e. The van der Waals surface area contributed by atoms with E-state index in [1.807, 2.05) is 0 Å². The zero-order chi connectivity index (χ0) is 9.07. The Labute approximate surface area is 95.6 Å². The number of allylic oxidation sites excluding steroid dienone is 1. The number of rotatable bonds is 4. The van der Waals surface area contributed by atoms with Crippen LogP contribution >= 0.6 is 0 Å². The number of carbonyl (C=O) groups is 1. The Kier molecular flexibility index (Phi) is 7.26. The smallest absolute Gasteiger partial charge is 1.00 e. The van der Waals surface area contributed by atoms with E-state index in [0.717, 1.165) is 0 Å². The van der Waals surface area contributed by atoms with Gasteiger partial charge in [0.2, 0.25) is 0 Å². The summed E-state index contributed by atoms with van der Waals surface area (Å²) in [6.07, 6.45) is -0.200. The fourth-order valence-corrected chi connectivity index (χ4v) is 0.878. The monoisotopic (exact) mass is 202 g/mol. The summed E-state index contributed by atoms with van der Waals surface area (Å²) < 4.78 is 28.5. The second-order valence-electron chi connectivity index (χ2n) is 2.24. The van der Waals surface area contributed by atoms with Crippen LogP contribution < -0.4 is 29.6 Å². The van der Waals surface area contributed by atoms with Crippen LogP contribution in [0.25, 0.3) is 0 Å². The van der Waals surface area contributed by atoms with Crippen molar-refractivity contribution in [1.29, 1.82) is 0 Å². The molecule has 12 heavy (non-hydrogen) atoms. The SMILES string of the molecule is C=C(C)C(=O)CCS(=O)(=O)O.[H-].[Na+]. The van der Waals surface area contributed by atoms with Gasteiger partial charge in [-0.1, -0.05) is 6.58 Å². The fourth-order valence-electron chi connectivity index (χ4n) is 0.435. The Morgan fingerprint density at radius 1 is 1.58 bits per heavy atom. The van der Waals surface area contributed by atoms with E-state index in [-0.39, 0.29) is 43.2 Å². The third-order valence-electron chi connectivity index (χ3n) is 1.06. The molecule has 0 atom stereocenters. The van der Waals surface area contributed by atoms with Gasteiger partial charge in [0.1, 0.15) is 0 Å². The molecule has 0 fully saturated rings. The molecule has 66 valence electrons. The summed E-state index contributed by atoms with van der Waals surface area (Å²) in [5, 5.41) is 0. The molecule has 0 rings (SSSR count). The van der Waals surface area contributed by atoms with Crippen molar-refractivity contribution in [3.8, 4) is 0 Å². The molecule has 0 bridgehead atoms. The summed E-state index contributed by atoms with van der Waals surface area (Å²) in [5.74, 6) is -0.874. The first-order valence-corrected chi connectivity index (χ1v) is 4.57. The van der Waals surface area contributed by atoms with Gasteiger partial charge in [-0.25, -0.2) is 0 Å². The van der Waals surface area contributed by atoms with Gasteiger partial charge in [-0.3, -0.25) is 9.35 Å². The first kappa shape index (κ1) is 14.8. The minimum atomic E-state index is -4.01. The molecule has 0 aliphatic heterocycles. The molecule has 6 heteroatoms. The zero-order valence-corrected chi connectivity index (χ0v) is 10.0. The molecule has 0 aliphatic carbocycles. The van der Waals surface area contributed by atoms with Gasteiger partial charge in [-0.2, -0.15) is 8.42 Å². The first-order chi connectivity index (χ1) is 4.83. The minimum absolute atomic E-state index is 0. The van der Waals surface area contributed by atoms with Gasteiger partial charge in [0, 0.05) is 6.42 Å². The number of carbonyl (C=O) groups excluding carboxylic acids is 1. The molecule has 0 heterocycles. The van der Waals surface area contributed by atoms with Crippen LogP contribution in [0.4, 0.5) is 0 Å². The fraction of sp³-hybridized carbons (Fsp3) is 0.500. The third-order valence-corrected chi connectivity index (χ3v) is 1.78. The van der Waals surface area contributed by atoms with Crippen molar-refractivity contribution < 1.29 is 48.7 Å². The molecule has 0 unspecified atom stereocenters.